The lowest BCUT2D eigenvalue weighted by Crippen LogP contribution is -1.89. The summed E-state index contributed by atoms with van der Waals surface area (Å²) < 4.78 is 0. The summed E-state index contributed by atoms with van der Waals surface area (Å²) in [4.78, 5) is 14.7. The van der Waals surface area contributed by atoms with E-state index in [4.69, 9.17) is 34.8 Å². The third-order valence-electron chi connectivity index (χ3n) is 2.13. The number of hydrogen-bond donors (Lipinski definition) is 0. The summed E-state index contributed by atoms with van der Waals surface area (Å²) >= 11 is 17.8. The molecule has 0 atom stereocenters. The highest BCUT2D eigenvalue weighted by Crippen LogP contribution is 2.30. The lowest BCUT2D eigenvalue weighted by molar-refractivity contribution is 0.112. The maximum absolute atomic E-state index is 10.6. The summed E-state index contributed by atoms with van der Waals surface area (Å²) in [5.41, 5.74) is 1.68. The molecule has 0 unspecified atom stereocenters. The van der Waals surface area contributed by atoms with Crippen molar-refractivity contribution in [2.45, 2.75) is 0 Å². The lowest BCUT2D eigenvalue weighted by Gasteiger charge is -2.05. The SMILES string of the molecule is O=Cc1cnc(-c2cc(Cl)cc(Cl)c2)c(Cl)c1. The summed E-state index contributed by atoms with van der Waals surface area (Å²) in [6, 6.07) is 6.59. The van der Waals surface area contributed by atoms with Crippen molar-refractivity contribution in [2.75, 3.05) is 0 Å². The van der Waals surface area contributed by atoms with Gasteiger partial charge in [0.2, 0.25) is 0 Å². The molecule has 5 heteroatoms. The summed E-state index contributed by atoms with van der Waals surface area (Å²) in [5.74, 6) is 0. The number of nitrogens with zero attached hydrogens (tertiary/aromatic N) is 1. The number of aldehydes is 1. The second-order valence-electron chi connectivity index (χ2n) is 3.38. The van der Waals surface area contributed by atoms with E-state index in [-0.39, 0.29) is 0 Å². The van der Waals surface area contributed by atoms with Gasteiger partial charge in [-0.25, -0.2) is 0 Å². The van der Waals surface area contributed by atoms with Gasteiger partial charge in [0.05, 0.1) is 10.7 Å². The summed E-state index contributed by atoms with van der Waals surface area (Å²) in [6.45, 7) is 0. The van der Waals surface area contributed by atoms with Crippen molar-refractivity contribution in [1.82, 2.24) is 4.98 Å². The maximum atomic E-state index is 10.6. The number of aromatic nitrogens is 1. The number of rotatable bonds is 2. The molecule has 1 heterocycles. The molecule has 0 bridgehead atoms. The average molecular weight is 287 g/mol. The van der Waals surface area contributed by atoms with Crippen molar-refractivity contribution in [3.05, 3.63) is 51.1 Å². The van der Waals surface area contributed by atoms with E-state index in [1.165, 1.54) is 6.20 Å². The molecular formula is C12H6Cl3NO. The average Bonchev–Trinajstić information content (AvgIpc) is 2.27. The minimum atomic E-state index is 0.382. The largest absolute Gasteiger partial charge is 0.298 e. The van der Waals surface area contributed by atoms with Gasteiger partial charge in [0.15, 0.2) is 6.29 Å². The summed E-state index contributed by atoms with van der Waals surface area (Å²) in [5, 5.41) is 1.39. The van der Waals surface area contributed by atoms with Crippen LogP contribution in [0.15, 0.2) is 30.5 Å². The van der Waals surface area contributed by atoms with Crippen LogP contribution in [0.3, 0.4) is 0 Å². The molecule has 2 aromatic rings. The van der Waals surface area contributed by atoms with Crippen LogP contribution in [0.25, 0.3) is 11.3 Å². The van der Waals surface area contributed by atoms with Crippen LogP contribution in [0.1, 0.15) is 10.4 Å². The fourth-order valence-electron chi connectivity index (χ4n) is 1.42. The van der Waals surface area contributed by atoms with Gasteiger partial charge < -0.3 is 0 Å². The molecule has 2 rings (SSSR count). The van der Waals surface area contributed by atoms with Crippen LogP contribution in [0.4, 0.5) is 0 Å². The highest BCUT2D eigenvalue weighted by molar-refractivity contribution is 6.36. The molecule has 2 nitrogen and oxygen atoms in total. The predicted molar refractivity (Wildman–Crippen MR) is 70.1 cm³/mol. The first-order valence-corrected chi connectivity index (χ1v) is 5.81. The van der Waals surface area contributed by atoms with E-state index in [0.29, 0.717) is 38.2 Å². The minimum Gasteiger partial charge on any atom is -0.298 e. The third kappa shape index (κ3) is 2.78. The first kappa shape index (κ1) is 12.4. The number of pyridine rings is 1. The predicted octanol–water partition coefficient (Wildman–Crippen LogP) is 4.52. The second-order valence-corrected chi connectivity index (χ2v) is 4.66. The first-order valence-electron chi connectivity index (χ1n) is 4.67. The number of carbonyl (C=O) groups excluding carboxylic acids is 1. The van der Waals surface area contributed by atoms with Crippen molar-refractivity contribution < 1.29 is 4.79 Å². The molecule has 0 N–H and O–H groups in total. The summed E-state index contributed by atoms with van der Waals surface area (Å²) in [6.07, 6.45) is 2.14. The van der Waals surface area contributed by atoms with E-state index in [9.17, 15) is 4.79 Å². The zero-order chi connectivity index (χ0) is 12.4. The van der Waals surface area contributed by atoms with E-state index in [1.807, 2.05) is 0 Å². The Labute approximate surface area is 113 Å². The second kappa shape index (κ2) is 5.05. The van der Waals surface area contributed by atoms with Gasteiger partial charge in [-0.2, -0.15) is 0 Å². The van der Waals surface area contributed by atoms with E-state index >= 15 is 0 Å². The Morgan fingerprint density at radius 1 is 1.00 bits per heavy atom. The van der Waals surface area contributed by atoms with Gasteiger partial charge in [-0.1, -0.05) is 34.8 Å². The Bertz CT molecular complexity index is 564. The molecule has 0 amide bonds. The number of halogens is 3. The van der Waals surface area contributed by atoms with Crippen molar-refractivity contribution in [2.24, 2.45) is 0 Å². The monoisotopic (exact) mass is 285 g/mol. The third-order valence-corrected chi connectivity index (χ3v) is 2.86. The molecule has 0 fully saturated rings. The van der Waals surface area contributed by atoms with Crippen LogP contribution in [0.2, 0.25) is 15.1 Å². The molecule has 1 aromatic carbocycles. The quantitative estimate of drug-likeness (QED) is 0.760. The van der Waals surface area contributed by atoms with Gasteiger partial charge in [0, 0.05) is 27.4 Å². The number of hydrogen-bond acceptors (Lipinski definition) is 2. The van der Waals surface area contributed by atoms with E-state index in [2.05, 4.69) is 4.98 Å². The molecule has 0 aliphatic heterocycles. The fourth-order valence-corrected chi connectivity index (χ4v) is 2.23. The molecule has 1 aromatic heterocycles. The number of carbonyl (C=O) groups is 1. The highest BCUT2D eigenvalue weighted by Gasteiger charge is 2.08. The fraction of sp³-hybridized carbons (Fsp3) is 0. The molecule has 0 aliphatic carbocycles. The van der Waals surface area contributed by atoms with Gasteiger partial charge in [0.25, 0.3) is 0 Å². The van der Waals surface area contributed by atoms with Crippen LogP contribution >= 0.6 is 34.8 Å². The minimum absolute atomic E-state index is 0.382. The molecule has 0 saturated heterocycles. The molecule has 0 spiro atoms. The molecule has 0 radical (unpaired) electrons. The van der Waals surface area contributed by atoms with Gasteiger partial charge in [-0.3, -0.25) is 9.78 Å². The van der Waals surface area contributed by atoms with Crippen molar-refractivity contribution >= 4 is 41.1 Å². The zero-order valence-electron chi connectivity index (χ0n) is 8.45. The van der Waals surface area contributed by atoms with Gasteiger partial charge in [-0.15, -0.1) is 0 Å². The van der Waals surface area contributed by atoms with E-state index in [0.717, 1.165) is 0 Å². The number of benzene rings is 1. The smallest absolute Gasteiger partial charge is 0.151 e. The van der Waals surface area contributed by atoms with Crippen LogP contribution in [-0.4, -0.2) is 11.3 Å². The van der Waals surface area contributed by atoms with Crippen LogP contribution in [0.5, 0.6) is 0 Å². The standard InChI is InChI=1S/C12H6Cl3NO/c13-9-2-8(3-10(14)4-9)12-11(15)1-7(6-17)5-16-12/h1-6H. The molecule has 0 aliphatic rings. The van der Waals surface area contributed by atoms with Crippen molar-refractivity contribution in [3.63, 3.8) is 0 Å². The van der Waals surface area contributed by atoms with Crippen molar-refractivity contribution in [1.29, 1.82) is 0 Å². The molecule has 0 saturated carbocycles. The Balaban J connectivity index is 2.56. The molecule has 17 heavy (non-hydrogen) atoms. The Morgan fingerprint density at radius 3 is 2.18 bits per heavy atom. The van der Waals surface area contributed by atoms with Crippen molar-refractivity contribution in [3.8, 4) is 11.3 Å². The van der Waals surface area contributed by atoms with Gasteiger partial charge >= 0.3 is 0 Å². The normalized spacial score (nSPS) is 10.3. The van der Waals surface area contributed by atoms with E-state index in [1.54, 1.807) is 24.3 Å². The molecule has 86 valence electrons. The molecular weight excluding hydrogens is 280 g/mol. The van der Waals surface area contributed by atoms with E-state index < -0.39 is 0 Å². The van der Waals surface area contributed by atoms with Crippen LogP contribution in [0, 0.1) is 0 Å². The Kier molecular flexibility index (Phi) is 3.67. The lowest BCUT2D eigenvalue weighted by atomic mass is 10.1. The summed E-state index contributed by atoms with van der Waals surface area (Å²) in [7, 11) is 0. The van der Waals surface area contributed by atoms with Gasteiger partial charge in [-0.05, 0) is 24.3 Å². The first-order chi connectivity index (χ1) is 8.10. The highest BCUT2D eigenvalue weighted by atomic mass is 35.5. The maximum Gasteiger partial charge on any atom is 0.151 e. The van der Waals surface area contributed by atoms with Gasteiger partial charge in [0.1, 0.15) is 0 Å². The van der Waals surface area contributed by atoms with Crippen LogP contribution < -0.4 is 0 Å². The Morgan fingerprint density at radius 2 is 1.65 bits per heavy atom. The zero-order valence-corrected chi connectivity index (χ0v) is 10.7. The van der Waals surface area contributed by atoms with Crippen LogP contribution in [-0.2, 0) is 0 Å². The topological polar surface area (TPSA) is 30.0 Å². The Hall–Kier alpha value is -1.09.